The molecule has 1 aromatic heterocycles. The van der Waals surface area contributed by atoms with Crippen molar-refractivity contribution < 1.29 is 9.53 Å². The number of nitrogens with one attached hydrogen (secondary N) is 1. The van der Waals surface area contributed by atoms with Crippen LogP contribution in [0.4, 0.5) is 0 Å². The number of rotatable bonds is 2. The molecule has 0 aliphatic carbocycles. The number of aromatic nitrogens is 3. The van der Waals surface area contributed by atoms with E-state index >= 15 is 0 Å². The molecule has 1 atom stereocenters. The van der Waals surface area contributed by atoms with E-state index in [9.17, 15) is 4.79 Å². The van der Waals surface area contributed by atoms with E-state index in [1.54, 1.807) is 6.92 Å². The Morgan fingerprint density at radius 1 is 1.67 bits per heavy atom. The van der Waals surface area contributed by atoms with Crippen molar-refractivity contribution in [3.8, 4) is 6.07 Å². The molecular weight excluding hydrogens is 236 g/mol. The summed E-state index contributed by atoms with van der Waals surface area (Å²) in [6, 6.07) is 1.32. The summed E-state index contributed by atoms with van der Waals surface area (Å²) >= 11 is 0. The highest BCUT2D eigenvalue weighted by atomic mass is 16.5. The molecular formula is C10H14N6O2. The third-order valence-corrected chi connectivity index (χ3v) is 2.64. The fourth-order valence-corrected chi connectivity index (χ4v) is 1.63. The van der Waals surface area contributed by atoms with E-state index in [0.717, 1.165) is 0 Å². The van der Waals surface area contributed by atoms with Crippen LogP contribution in [0.5, 0.6) is 0 Å². The number of carbonyl (C=O) groups is 1. The van der Waals surface area contributed by atoms with Crippen molar-refractivity contribution in [2.24, 2.45) is 0 Å². The molecule has 8 nitrogen and oxygen atoms in total. The summed E-state index contributed by atoms with van der Waals surface area (Å²) in [4.78, 5) is 16.0. The molecule has 0 spiro atoms. The Morgan fingerprint density at radius 2 is 2.50 bits per heavy atom. The van der Waals surface area contributed by atoms with E-state index in [-0.39, 0.29) is 11.7 Å². The molecule has 1 fully saturated rings. The molecule has 0 aromatic carbocycles. The first-order valence-corrected chi connectivity index (χ1v) is 5.66. The van der Waals surface area contributed by atoms with Gasteiger partial charge in [0.25, 0.3) is 11.7 Å². The first kappa shape index (κ1) is 12.5. The SMILES string of the molecule is CC(C(=O)N1CCOCCN1)n1cnc(C#N)n1. The van der Waals surface area contributed by atoms with Crippen molar-refractivity contribution in [1.82, 2.24) is 25.2 Å². The summed E-state index contributed by atoms with van der Waals surface area (Å²) in [7, 11) is 0. The highest BCUT2D eigenvalue weighted by molar-refractivity contribution is 5.79. The maximum absolute atomic E-state index is 12.2. The molecule has 96 valence electrons. The quantitative estimate of drug-likeness (QED) is 0.728. The van der Waals surface area contributed by atoms with Gasteiger partial charge in [-0.05, 0) is 6.92 Å². The lowest BCUT2D eigenvalue weighted by molar-refractivity contribution is -0.137. The summed E-state index contributed by atoms with van der Waals surface area (Å²) in [5.41, 5.74) is 2.99. The van der Waals surface area contributed by atoms with E-state index in [2.05, 4.69) is 15.5 Å². The van der Waals surface area contributed by atoms with Crippen molar-refractivity contribution in [3.05, 3.63) is 12.2 Å². The third-order valence-electron chi connectivity index (χ3n) is 2.64. The number of ether oxygens (including phenoxy) is 1. The smallest absolute Gasteiger partial charge is 0.261 e. The molecule has 0 bridgehead atoms. The maximum atomic E-state index is 12.2. The second-order valence-electron chi connectivity index (χ2n) is 3.85. The lowest BCUT2D eigenvalue weighted by Gasteiger charge is -2.23. The zero-order valence-electron chi connectivity index (χ0n) is 10.0. The van der Waals surface area contributed by atoms with Gasteiger partial charge >= 0.3 is 0 Å². The van der Waals surface area contributed by atoms with E-state index in [1.807, 2.05) is 6.07 Å². The van der Waals surface area contributed by atoms with Gasteiger partial charge in [-0.1, -0.05) is 0 Å². The third kappa shape index (κ3) is 2.64. The van der Waals surface area contributed by atoms with Crippen LogP contribution in [0.25, 0.3) is 0 Å². The Kier molecular flexibility index (Phi) is 3.86. The van der Waals surface area contributed by atoms with Gasteiger partial charge < -0.3 is 4.74 Å². The second-order valence-corrected chi connectivity index (χ2v) is 3.85. The highest BCUT2D eigenvalue weighted by Gasteiger charge is 2.23. The molecule has 1 N–H and O–H groups in total. The first-order valence-electron chi connectivity index (χ1n) is 5.66. The number of hydrogen-bond acceptors (Lipinski definition) is 6. The molecule has 1 saturated heterocycles. The molecule has 8 heteroatoms. The van der Waals surface area contributed by atoms with Gasteiger partial charge in [0.15, 0.2) is 0 Å². The average Bonchev–Trinajstić information content (AvgIpc) is 2.71. The Morgan fingerprint density at radius 3 is 3.22 bits per heavy atom. The molecule has 0 radical (unpaired) electrons. The highest BCUT2D eigenvalue weighted by Crippen LogP contribution is 2.08. The number of hydrazine groups is 1. The normalized spacial score (nSPS) is 17.9. The van der Waals surface area contributed by atoms with Crippen LogP contribution in [0, 0.1) is 11.3 Å². The van der Waals surface area contributed by atoms with Crippen LogP contribution in [0.3, 0.4) is 0 Å². The number of nitrogens with zero attached hydrogens (tertiary/aromatic N) is 5. The molecule has 0 saturated carbocycles. The number of nitriles is 1. The molecule has 1 aliphatic rings. The Bertz CT molecular complexity index is 457. The van der Waals surface area contributed by atoms with E-state index < -0.39 is 6.04 Å². The zero-order valence-corrected chi connectivity index (χ0v) is 10.0. The molecule has 2 rings (SSSR count). The summed E-state index contributed by atoms with van der Waals surface area (Å²) in [6.07, 6.45) is 1.38. The van der Waals surface area contributed by atoms with Gasteiger partial charge in [-0.15, -0.1) is 5.10 Å². The fraction of sp³-hybridized carbons (Fsp3) is 0.600. The largest absolute Gasteiger partial charge is 0.378 e. The Hall–Kier alpha value is -1.98. The molecule has 1 aliphatic heterocycles. The Labute approximate surface area is 104 Å². The minimum atomic E-state index is -0.509. The van der Waals surface area contributed by atoms with Crippen LogP contribution in [-0.2, 0) is 9.53 Å². The number of carbonyl (C=O) groups excluding carboxylic acids is 1. The minimum Gasteiger partial charge on any atom is -0.378 e. The first-order chi connectivity index (χ1) is 8.72. The van der Waals surface area contributed by atoms with Gasteiger partial charge in [-0.25, -0.2) is 15.1 Å². The average molecular weight is 250 g/mol. The van der Waals surface area contributed by atoms with Gasteiger partial charge in [0.2, 0.25) is 0 Å². The topological polar surface area (TPSA) is 96.1 Å². The summed E-state index contributed by atoms with van der Waals surface area (Å²) in [5, 5.41) is 14.1. The van der Waals surface area contributed by atoms with Crippen LogP contribution in [0.2, 0.25) is 0 Å². The van der Waals surface area contributed by atoms with E-state index in [4.69, 9.17) is 10.00 Å². The van der Waals surface area contributed by atoms with Crippen molar-refractivity contribution in [2.75, 3.05) is 26.3 Å². The van der Waals surface area contributed by atoms with Gasteiger partial charge in [-0.2, -0.15) is 5.26 Å². The predicted molar refractivity (Wildman–Crippen MR) is 60.0 cm³/mol. The maximum Gasteiger partial charge on any atom is 0.261 e. The minimum absolute atomic E-state index is 0.0572. The van der Waals surface area contributed by atoms with Crippen LogP contribution < -0.4 is 5.43 Å². The summed E-state index contributed by atoms with van der Waals surface area (Å²) in [5.74, 6) is -0.0725. The molecule has 18 heavy (non-hydrogen) atoms. The van der Waals surface area contributed by atoms with Gasteiger partial charge in [0.1, 0.15) is 18.4 Å². The molecule has 1 unspecified atom stereocenters. The van der Waals surface area contributed by atoms with Gasteiger partial charge in [0.05, 0.1) is 19.8 Å². The molecule has 2 heterocycles. The van der Waals surface area contributed by atoms with Crippen LogP contribution in [0.1, 0.15) is 18.8 Å². The Balaban J connectivity index is 2.05. The van der Waals surface area contributed by atoms with E-state index in [1.165, 1.54) is 16.0 Å². The summed E-state index contributed by atoms with van der Waals surface area (Å²) < 4.78 is 6.63. The van der Waals surface area contributed by atoms with Crippen molar-refractivity contribution in [3.63, 3.8) is 0 Å². The molecule has 1 amide bonds. The van der Waals surface area contributed by atoms with Crippen LogP contribution in [-0.4, -0.2) is 52.0 Å². The van der Waals surface area contributed by atoms with Crippen LogP contribution >= 0.6 is 0 Å². The predicted octanol–water partition coefficient (Wildman–Crippen LogP) is -0.926. The monoisotopic (exact) mass is 250 g/mol. The van der Waals surface area contributed by atoms with Crippen LogP contribution in [0.15, 0.2) is 6.33 Å². The van der Waals surface area contributed by atoms with E-state index in [0.29, 0.717) is 26.3 Å². The number of hydrogen-bond donors (Lipinski definition) is 1. The lowest BCUT2D eigenvalue weighted by atomic mass is 10.3. The molecule has 1 aromatic rings. The van der Waals surface area contributed by atoms with Crippen molar-refractivity contribution in [1.29, 1.82) is 5.26 Å². The lowest BCUT2D eigenvalue weighted by Crippen LogP contribution is -2.46. The van der Waals surface area contributed by atoms with Crippen molar-refractivity contribution >= 4 is 5.91 Å². The number of amides is 1. The van der Waals surface area contributed by atoms with Gasteiger partial charge in [0, 0.05) is 6.54 Å². The zero-order chi connectivity index (χ0) is 13.0. The standard InChI is InChI=1S/C10H14N6O2/c1-8(16-7-12-9(6-11)14-16)10(17)15-3-5-18-4-2-13-15/h7-8,13H,2-5H2,1H3. The fourth-order valence-electron chi connectivity index (χ4n) is 1.63. The van der Waals surface area contributed by atoms with Crippen molar-refractivity contribution in [2.45, 2.75) is 13.0 Å². The summed E-state index contributed by atoms with van der Waals surface area (Å²) in [6.45, 7) is 3.89. The second kappa shape index (κ2) is 5.57. The van der Waals surface area contributed by atoms with Gasteiger partial charge in [-0.3, -0.25) is 9.80 Å².